The van der Waals surface area contributed by atoms with E-state index in [2.05, 4.69) is 25.7 Å². The zero-order valence-electron chi connectivity index (χ0n) is 7.78. The van der Waals surface area contributed by atoms with Gasteiger partial charge >= 0.3 is 6.18 Å². The van der Waals surface area contributed by atoms with Crippen molar-refractivity contribution in [3.05, 3.63) is 21.8 Å². The van der Waals surface area contributed by atoms with E-state index in [1.165, 1.54) is 0 Å². The lowest BCUT2D eigenvalue weighted by Crippen LogP contribution is -2.09. The third-order valence-electron chi connectivity index (χ3n) is 1.67. The van der Waals surface area contributed by atoms with Crippen LogP contribution in [0.4, 0.5) is 22.0 Å². The molecule has 90 valence electrons. The van der Waals surface area contributed by atoms with Crippen LogP contribution in [0.3, 0.4) is 0 Å². The summed E-state index contributed by atoms with van der Waals surface area (Å²) >= 11 is 2.61. The summed E-state index contributed by atoms with van der Waals surface area (Å²) in [5.41, 5.74) is -2.22. The molecule has 0 fully saturated rings. The third-order valence-corrected chi connectivity index (χ3v) is 2.44. The van der Waals surface area contributed by atoms with Gasteiger partial charge in [-0.3, -0.25) is 0 Å². The second-order valence-corrected chi connectivity index (χ2v) is 3.51. The maximum Gasteiger partial charge on any atom is 0.417 e. The molecule has 1 rings (SSSR count). The molecule has 0 aromatic carbocycles. The van der Waals surface area contributed by atoms with Crippen LogP contribution >= 0.6 is 15.9 Å². The fraction of sp³-hybridized carbons (Fsp3) is 0.375. The fourth-order valence-corrected chi connectivity index (χ4v) is 1.57. The number of ether oxygens (including phenoxy) is 1. The van der Waals surface area contributed by atoms with Gasteiger partial charge in [0.05, 0.1) is 17.1 Å². The molecule has 0 atom stereocenters. The van der Waals surface area contributed by atoms with Crippen molar-refractivity contribution in [1.82, 2.24) is 4.98 Å². The molecule has 0 saturated heterocycles. The van der Waals surface area contributed by atoms with Gasteiger partial charge in [-0.15, -0.1) is 0 Å². The molecule has 0 N–H and O–H groups in total. The highest BCUT2D eigenvalue weighted by Crippen LogP contribution is 2.40. The van der Waals surface area contributed by atoms with Crippen LogP contribution in [0.15, 0.2) is 10.5 Å². The van der Waals surface area contributed by atoms with Crippen molar-refractivity contribution < 1.29 is 26.7 Å². The summed E-state index contributed by atoms with van der Waals surface area (Å²) in [5.74, 6) is -0.523. The van der Waals surface area contributed by atoms with Gasteiger partial charge in [-0.2, -0.15) is 13.2 Å². The predicted molar refractivity (Wildman–Crippen MR) is 48.4 cm³/mol. The average Bonchev–Trinajstić information content (AvgIpc) is 2.15. The van der Waals surface area contributed by atoms with E-state index in [-0.39, 0.29) is 6.07 Å². The Labute approximate surface area is 95.6 Å². The lowest BCUT2D eigenvalue weighted by atomic mass is 10.2. The molecule has 16 heavy (non-hydrogen) atoms. The van der Waals surface area contributed by atoms with E-state index < -0.39 is 34.2 Å². The van der Waals surface area contributed by atoms with E-state index >= 15 is 0 Å². The van der Waals surface area contributed by atoms with Crippen LogP contribution in [0.1, 0.15) is 17.7 Å². The van der Waals surface area contributed by atoms with Crippen LogP contribution in [0, 0.1) is 0 Å². The number of halogens is 6. The molecule has 0 radical (unpaired) electrons. The van der Waals surface area contributed by atoms with Crippen molar-refractivity contribution in [2.24, 2.45) is 0 Å². The lowest BCUT2D eigenvalue weighted by molar-refractivity contribution is -0.138. The number of methoxy groups -OCH3 is 1. The Morgan fingerprint density at radius 3 is 2.31 bits per heavy atom. The van der Waals surface area contributed by atoms with Gasteiger partial charge < -0.3 is 4.74 Å². The van der Waals surface area contributed by atoms with Gasteiger partial charge in [0.15, 0.2) is 0 Å². The van der Waals surface area contributed by atoms with E-state index in [0.717, 1.165) is 7.11 Å². The first-order valence-corrected chi connectivity index (χ1v) is 4.66. The predicted octanol–water partition coefficient (Wildman–Crippen LogP) is 3.81. The number of hydrogen-bond acceptors (Lipinski definition) is 2. The normalized spacial score (nSPS) is 12.0. The monoisotopic (exact) mass is 305 g/mol. The molecule has 0 amide bonds. The highest BCUT2D eigenvalue weighted by Gasteiger charge is 2.36. The first kappa shape index (κ1) is 13.1. The zero-order chi connectivity index (χ0) is 12.5. The number of nitrogens with zero attached hydrogens (tertiary/aromatic N) is 1. The molecule has 0 spiro atoms. The van der Waals surface area contributed by atoms with Gasteiger partial charge in [-0.1, -0.05) is 0 Å². The minimum atomic E-state index is -4.75. The minimum Gasteiger partial charge on any atom is -0.480 e. The number of alkyl halides is 5. The standard InChI is InChI=1S/C8H5BrF5NO/c1-16-7-5(9)3(8(12,13)14)2-4(15-7)6(10)11/h2,6H,1H3. The summed E-state index contributed by atoms with van der Waals surface area (Å²) in [4.78, 5) is 3.25. The van der Waals surface area contributed by atoms with E-state index in [1.807, 2.05) is 0 Å². The third kappa shape index (κ3) is 2.60. The number of rotatable bonds is 2. The quantitative estimate of drug-likeness (QED) is 0.775. The Bertz CT molecular complexity index is 393. The number of hydrogen-bond donors (Lipinski definition) is 0. The van der Waals surface area contributed by atoms with Crippen molar-refractivity contribution in [3.8, 4) is 5.88 Å². The SMILES string of the molecule is COc1nc(C(F)F)cc(C(F)(F)F)c1Br. The molecule has 0 bridgehead atoms. The highest BCUT2D eigenvalue weighted by atomic mass is 79.9. The van der Waals surface area contributed by atoms with Crippen LogP contribution in [0.25, 0.3) is 0 Å². The Kier molecular flexibility index (Phi) is 3.72. The smallest absolute Gasteiger partial charge is 0.417 e. The van der Waals surface area contributed by atoms with Gasteiger partial charge in [-0.05, 0) is 22.0 Å². The van der Waals surface area contributed by atoms with Crippen molar-refractivity contribution in [3.63, 3.8) is 0 Å². The molecular formula is C8H5BrF5NO. The first-order valence-electron chi connectivity index (χ1n) is 3.87. The maximum atomic E-state index is 12.5. The van der Waals surface area contributed by atoms with Crippen LogP contribution in [-0.4, -0.2) is 12.1 Å². The highest BCUT2D eigenvalue weighted by molar-refractivity contribution is 9.10. The van der Waals surface area contributed by atoms with Gasteiger partial charge in [0.2, 0.25) is 5.88 Å². The Morgan fingerprint density at radius 2 is 1.94 bits per heavy atom. The topological polar surface area (TPSA) is 22.1 Å². The van der Waals surface area contributed by atoms with E-state index in [4.69, 9.17) is 0 Å². The van der Waals surface area contributed by atoms with Gasteiger partial charge in [0.25, 0.3) is 6.43 Å². The molecule has 2 nitrogen and oxygen atoms in total. The summed E-state index contributed by atoms with van der Waals surface area (Å²) < 4.78 is 65.9. The molecule has 0 aliphatic heterocycles. The summed E-state index contributed by atoms with van der Waals surface area (Å²) in [6.45, 7) is 0. The molecule has 0 aliphatic carbocycles. The second kappa shape index (κ2) is 4.52. The molecule has 1 aromatic rings. The molecule has 1 aromatic heterocycles. The molecule has 0 aliphatic rings. The fourth-order valence-electron chi connectivity index (χ4n) is 0.978. The molecule has 0 unspecified atom stereocenters. The average molecular weight is 306 g/mol. The van der Waals surface area contributed by atoms with E-state index in [1.54, 1.807) is 0 Å². The number of aromatic nitrogens is 1. The van der Waals surface area contributed by atoms with Crippen molar-refractivity contribution in [2.75, 3.05) is 7.11 Å². The van der Waals surface area contributed by atoms with Gasteiger partial charge in [-0.25, -0.2) is 13.8 Å². The minimum absolute atomic E-state index is 0.289. The van der Waals surface area contributed by atoms with Crippen LogP contribution in [0.2, 0.25) is 0 Å². The van der Waals surface area contributed by atoms with Crippen molar-refractivity contribution in [2.45, 2.75) is 12.6 Å². The molecular weight excluding hydrogens is 301 g/mol. The van der Waals surface area contributed by atoms with Crippen molar-refractivity contribution in [1.29, 1.82) is 0 Å². The van der Waals surface area contributed by atoms with Gasteiger partial charge in [0, 0.05) is 0 Å². The van der Waals surface area contributed by atoms with E-state index in [9.17, 15) is 22.0 Å². The molecule has 8 heteroatoms. The maximum absolute atomic E-state index is 12.5. The Morgan fingerprint density at radius 1 is 1.38 bits per heavy atom. The van der Waals surface area contributed by atoms with Crippen LogP contribution in [0.5, 0.6) is 5.88 Å². The summed E-state index contributed by atoms with van der Waals surface area (Å²) in [7, 11) is 1.04. The first-order chi connectivity index (χ1) is 7.27. The Hall–Kier alpha value is -0.920. The summed E-state index contributed by atoms with van der Waals surface area (Å²) in [5, 5.41) is 0. The number of pyridine rings is 1. The Balaban J connectivity index is 3.42. The van der Waals surface area contributed by atoms with E-state index in [0.29, 0.717) is 0 Å². The molecule has 0 saturated carbocycles. The van der Waals surface area contributed by atoms with Crippen molar-refractivity contribution >= 4 is 15.9 Å². The summed E-state index contributed by atoms with van der Waals surface area (Å²) in [6.07, 6.45) is -7.85. The molecule has 1 heterocycles. The van der Waals surface area contributed by atoms with Crippen LogP contribution < -0.4 is 4.74 Å². The second-order valence-electron chi connectivity index (χ2n) is 2.72. The van der Waals surface area contributed by atoms with Gasteiger partial charge in [0.1, 0.15) is 5.69 Å². The largest absolute Gasteiger partial charge is 0.480 e. The lowest BCUT2D eigenvalue weighted by Gasteiger charge is -2.13. The summed E-state index contributed by atoms with van der Waals surface area (Å²) in [6, 6.07) is 0.289. The zero-order valence-corrected chi connectivity index (χ0v) is 9.36. The van der Waals surface area contributed by atoms with Crippen LogP contribution in [-0.2, 0) is 6.18 Å².